The van der Waals surface area contributed by atoms with E-state index in [9.17, 15) is 5.02 Å². The van der Waals surface area contributed by atoms with Crippen molar-refractivity contribution >= 4 is 36.0 Å². The molecule has 4 heterocycles. The first-order valence-corrected chi connectivity index (χ1v) is 9.32. The van der Waals surface area contributed by atoms with Gasteiger partial charge in [-0.25, -0.2) is 0 Å². The first-order valence-electron chi connectivity index (χ1n) is 7.95. The predicted molar refractivity (Wildman–Crippen MR) is 91.0 cm³/mol. The minimum atomic E-state index is -0.333. The highest BCUT2D eigenvalue weighted by atomic mass is 35.5. The second-order valence-electron chi connectivity index (χ2n) is 6.48. The van der Waals surface area contributed by atoms with E-state index >= 15 is 0 Å². The van der Waals surface area contributed by atoms with Gasteiger partial charge >= 0.3 is 7.05 Å². The van der Waals surface area contributed by atoms with Gasteiger partial charge in [-0.2, -0.15) is 0 Å². The molecule has 0 saturated carbocycles. The van der Waals surface area contributed by atoms with Gasteiger partial charge in [0.25, 0.3) is 0 Å². The number of hydrogen-bond acceptors (Lipinski definition) is 5. The summed E-state index contributed by atoms with van der Waals surface area (Å²) >= 11 is 7.76. The van der Waals surface area contributed by atoms with E-state index in [1.54, 1.807) is 11.8 Å². The standard InChI is InChI=1S/C15H19BClN3OS/c1-16(21)20-10-2-3-11(20)7-9(6-10)12-4-5-22-13-8-14(17)18-19-15(12)13/h4,8-11,21H,2-3,5-7H2,1H3. The number of rotatable bonds is 2. The second kappa shape index (κ2) is 5.82. The summed E-state index contributed by atoms with van der Waals surface area (Å²) in [6.07, 6.45) is 6.95. The van der Waals surface area contributed by atoms with E-state index in [2.05, 4.69) is 21.1 Å². The first kappa shape index (κ1) is 15.0. The van der Waals surface area contributed by atoms with Gasteiger partial charge in [-0.15, -0.1) is 22.0 Å². The highest BCUT2D eigenvalue weighted by Gasteiger charge is 2.44. The molecular formula is C15H19BClN3OS. The molecule has 7 heteroatoms. The van der Waals surface area contributed by atoms with Crippen molar-refractivity contribution in [3.05, 3.63) is 23.0 Å². The molecule has 0 amide bonds. The third kappa shape index (κ3) is 2.50. The molecule has 116 valence electrons. The quantitative estimate of drug-likeness (QED) is 0.842. The topological polar surface area (TPSA) is 49.2 Å². The van der Waals surface area contributed by atoms with Gasteiger partial charge in [0.15, 0.2) is 5.15 Å². The lowest BCUT2D eigenvalue weighted by atomic mass is 9.75. The summed E-state index contributed by atoms with van der Waals surface area (Å²) in [6, 6.07) is 2.94. The van der Waals surface area contributed by atoms with Gasteiger partial charge in [-0.05, 0) is 50.1 Å². The summed E-state index contributed by atoms with van der Waals surface area (Å²) in [5.74, 6) is 1.51. The zero-order valence-electron chi connectivity index (χ0n) is 12.6. The third-order valence-electron chi connectivity index (χ3n) is 5.21. The van der Waals surface area contributed by atoms with Crippen molar-refractivity contribution in [1.82, 2.24) is 15.0 Å². The van der Waals surface area contributed by atoms with Crippen molar-refractivity contribution in [2.24, 2.45) is 5.92 Å². The van der Waals surface area contributed by atoms with Gasteiger partial charge in [0, 0.05) is 22.7 Å². The number of fused-ring (bicyclic) bond motifs is 3. The van der Waals surface area contributed by atoms with Gasteiger partial charge in [-0.3, -0.25) is 0 Å². The van der Waals surface area contributed by atoms with E-state index in [0.717, 1.165) is 29.2 Å². The van der Waals surface area contributed by atoms with Gasteiger partial charge in [0.1, 0.15) is 5.69 Å². The normalized spacial score (nSPS) is 30.9. The van der Waals surface area contributed by atoms with Crippen LogP contribution in [0.2, 0.25) is 12.0 Å². The number of thioether (sulfide) groups is 1. The largest absolute Gasteiger partial charge is 0.437 e. The Balaban J connectivity index is 1.61. The van der Waals surface area contributed by atoms with E-state index in [0.29, 0.717) is 23.2 Å². The monoisotopic (exact) mass is 335 g/mol. The number of hydrogen-bond donors (Lipinski definition) is 1. The zero-order chi connectivity index (χ0) is 15.3. The molecule has 0 aromatic carbocycles. The molecular weight excluding hydrogens is 317 g/mol. The van der Waals surface area contributed by atoms with E-state index in [1.807, 2.05) is 12.9 Å². The average molecular weight is 336 g/mol. The molecule has 2 atom stereocenters. The highest BCUT2D eigenvalue weighted by Crippen LogP contribution is 2.46. The van der Waals surface area contributed by atoms with E-state index in [-0.39, 0.29) is 7.05 Å². The number of allylic oxidation sites excluding steroid dienone is 1. The lowest BCUT2D eigenvalue weighted by molar-refractivity contribution is 0.193. The number of aromatic nitrogens is 2. The maximum absolute atomic E-state index is 10.0. The predicted octanol–water partition coefficient (Wildman–Crippen LogP) is 2.97. The summed E-state index contributed by atoms with van der Waals surface area (Å²) < 4.78 is 0. The summed E-state index contributed by atoms with van der Waals surface area (Å²) in [5, 5.41) is 18.9. The zero-order valence-corrected chi connectivity index (χ0v) is 14.1. The van der Waals surface area contributed by atoms with Gasteiger partial charge in [-0.1, -0.05) is 17.7 Å². The third-order valence-corrected chi connectivity index (χ3v) is 6.35. The van der Waals surface area contributed by atoms with Crippen LogP contribution in [0.15, 0.2) is 17.0 Å². The molecule has 1 N–H and O–H groups in total. The van der Waals surface area contributed by atoms with Crippen molar-refractivity contribution in [2.75, 3.05) is 5.75 Å². The molecule has 0 spiro atoms. The van der Waals surface area contributed by atoms with E-state index in [1.165, 1.54) is 18.4 Å². The number of nitrogens with zero attached hydrogens (tertiary/aromatic N) is 3. The maximum Gasteiger partial charge on any atom is 0.376 e. The van der Waals surface area contributed by atoms with Crippen molar-refractivity contribution in [3.63, 3.8) is 0 Å². The molecule has 4 rings (SSSR count). The Morgan fingerprint density at radius 3 is 2.73 bits per heavy atom. The highest BCUT2D eigenvalue weighted by molar-refractivity contribution is 7.99. The first-order chi connectivity index (χ1) is 10.6. The fraction of sp³-hybridized carbons (Fsp3) is 0.600. The average Bonchev–Trinajstić information content (AvgIpc) is 2.77. The van der Waals surface area contributed by atoms with E-state index < -0.39 is 0 Å². The second-order valence-corrected chi connectivity index (χ2v) is 7.93. The van der Waals surface area contributed by atoms with Crippen LogP contribution in [0.3, 0.4) is 0 Å². The molecule has 2 unspecified atom stereocenters. The van der Waals surface area contributed by atoms with Crippen LogP contribution in [-0.2, 0) is 0 Å². The van der Waals surface area contributed by atoms with Crippen LogP contribution in [0.5, 0.6) is 0 Å². The van der Waals surface area contributed by atoms with Crippen LogP contribution in [0.25, 0.3) is 5.57 Å². The number of halogens is 1. The fourth-order valence-corrected chi connectivity index (χ4v) is 5.56. The van der Waals surface area contributed by atoms with Crippen molar-refractivity contribution in [1.29, 1.82) is 0 Å². The van der Waals surface area contributed by atoms with Crippen molar-refractivity contribution in [3.8, 4) is 0 Å². The summed E-state index contributed by atoms with van der Waals surface area (Å²) in [6.45, 7) is 1.89. The summed E-state index contributed by atoms with van der Waals surface area (Å²) in [7, 11) is -0.333. The smallest absolute Gasteiger partial charge is 0.376 e. The van der Waals surface area contributed by atoms with Crippen LogP contribution in [0.4, 0.5) is 0 Å². The van der Waals surface area contributed by atoms with E-state index in [4.69, 9.17) is 11.6 Å². The fourth-order valence-electron chi connectivity index (χ4n) is 4.42. The molecule has 3 aliphatic rings. The molecule has 2 saturated heterocycles. The Morgan fingerprint density at radius 2 is 2.05 bits per heavy atom. The molecule has 3 aliphatic heterocycles. The maximum atomic E-state index is 10.0. The molecule has 22 heavy (non-hydrogen) atoms. The molecule has 0 aliphatic carbocycles. The molecule has 1 aromatic rings. The van der Waals surface area contributed by atoms with Gasteiger partial charge in [0.2, 0.25) is 0 Å². The Hall–Kier alpha value is -0.555. The minimum Gasteiger partial charge on any atom is -0.437 e. The van der Waals surface area contributed by atoms with Crippen LogP contribution >= 0.6 is 23.4 Å². The number of piperidine rings is 1. The Kier molecular flexibility index (Phi) is 3.97. The van der Waals surface area contributed by atoms with Crippen molar-refractivity contribution in [2.45, 2.75) is 49.5 Å². The molecule has 2 fully saturated rings. The lowest BCUT2D eigenvalue weighted by Crippen LogP contribution is -2.50. The Labute approximate surface area is 140 Å². The van der Waals surface area contributed by atoms with Crippen LogP contribution in [0, 0.1) is 5.92 Å². The van der Waals surface area contributed by atoms with Crippen molar-refractivity contribution < 1.29 is 5.02 Å². The van der Waals surface area contributed by atoms with Gasteiger partial charge in [0.05, 0.1) is 0 Å². The Bertz CT molecular complexity index is 613. The van der Waals surface area contributed by atoms with Crippen LogP contribution in [-0.4, -0.2) is 44.9 Å². The molecule has 4 nitrogen and oxygen atoms in total. The van der Waals surface area contributed by atoms with Crippen LogP contribution in [0.1, 0.15) is 31.4 Å². The summed E-state index contributed by atoms with van der Waals surface area (Å²) in [4.78, 5) is 3.46. The molecule has 2 bridgehead atoms. The minimum absolute atomic E-state index is 0.333. The Morgan fingerprint density at radius 1 is 1.32 bits per heavy atom. The molecule has 1 aromatic heterocycles. The summed E-state index contributed by atoms with van der Waals surface area (Å²) in [5.41, 5.74) is 2.37. The SMILES string of the molecule is CB(O)N1C2CCC1CC(C1=CCSc3cc(Cl)nnc31)C2. The van der Waals surface area contributed by atoms with Crippen LogP contribution < -0.4 is 0 Å². The molecule has 0 radical (unpaired) electrons. The lowest BCUT2D eigenvalue weighted by Gasteiger charge is -2.41. The van der Waals surface area contributed by atoms with Gasteiger partial charge < -0.3 is 9.83 Å².